The van der Waals surface area contributed by atoms with E-state index in [-0.39, 0.29) is 34.0 Å². The van der Waals surface area contributed by atoms with Crippen LogP contribution in [0.25, 0.3) is 11.1 Å². The number of hydrogen-bond acceptors (Lipinski definition) is 10. The minimum Gasteiger partial charge on any atom is -0.507 e. The van der Waals surface area contributed by atoms with Crippen molar-refractivity contribution in [1.82, 2.24) is 4.98 Å². The molecule has 5 aromatic carbocycles. The Morgan fingerprint density at radius 3 is 1.09 bits per heavy atom. The van der Waals surface area contributed by atoms with Crippen LogP contribution in [0.5, 0.6) is 23.0 Å². The van der Waals surface area contributed by atoms with Gasteiger partial charge in [0.05, 0.1) is 38.6 Å². The number of fused-ring (bicyclic) bond motifs is 1. The highest BCUT2D eigenvalue weighted by molar-refractivity contribution is 9.11. The lowest BCUT2D eigenvalue weighted by atomic mass is 9.48. The fourth-order valence-corrected chi connectivity index (χ4v) is 28.7. The fourth-order valence-electron chi connectivity index (χ4n) is 26.6. The molecule has 26 rings (SSSR count). The number of oxazole rings is 1. The molecular weight excluding hydrogens is 1550 g/mol. The van der Waals surface area contributed by atoms with Crippen LogP contribution in [-0.2, 0) is 21.7 Å². The molecule has 6 aromatic rings. The average molecular weight is 1650 g/mol. The monoisotopic (exact) mass is 1650 g/mol. The maximum Gasteiger partial charge on any atom is 0.312 e. The van der Waals surface area contributed by atoms with Crippen LogP contribution in [0.1, 0.15) is 221 Å². The van der Waals surface area contributed by atoms with Gasteiger partial charge in [-0.1, -0.05) is 18.2 Å². The standard InChI is InChI=1S/C18H20BrNO.C16H18BrNO3.C16H20BrNO.C16H19BrO.C10H16O.C6H5BrO/c1-10-20-16-6-14(5-15(19)17(16)21-10)18-7-11-2-12(8-18)4-13(3-11)9-18;17-13-4-12(5-14(15(13)19)18(20)21)16-6-9-1-10(7-16)3-11(2-9)8-16;17-13-4-12(5-14(18)15(13)19)16-6-9-1-10(7-16)3-11(2-9)8-16;17-14-6-13(1-2-15(14)18)16-7-10-3-11(8-16)5-12(4-10)9-16;11-10-4-7-1-8(5-10)3-9(2-7)6-10;7-5-3-1-2-4-6(5)8/h5-6,11-13H,2-4,7-9H2,1H3;4-5,9-11,19H,1-3,6-8H2;4-5,9-11,19H,1-3,6-8,18H2;1-2,6,10-12,18H,3-5,7-9H2;7-9,11H,1-6H2;1-4,8H. The number of para-hydroxylation sites is 1. The molecule has 1 heterocycles. The number of nitrogens with zero attached hydrogens (tertiary/aromatic N) is 2. The van der Waals surface area contributed by atoms with E-state index in [1.54, 1.807) is 24.3 Å². The summed E-state index contributed by atoms with van der Waals surface area (Å²) in [6, 6.07) is 25.5. The van der Waals surface area contributed by atoms with Gasteiger partial charge in [0, 0.05) is 13.0 Å². The van der Waals surface area contributed by atoms with Gasteiger partial charge < -0.3 is 35.7 Å². The van der Waals surface area contributed by atoms with E-state index in [0.717, 1.165) is 168 Å². The number of nitrogens with two attached hydrogens (primary N) is 1. The number of benzene rings is 5. The number of hydrogen-bond donors (Lipinski definition) is 6. The molecule has 16 heteroatoms. The van der Waals surface area contributed by atoms with Gasteiger partial charge in [-0.25, -0.2) is 4.98 Å². The zero-order valence-corrected chi connectivity index (χ0v) is 64.6. The predicted molar refractivity (Wildman–Crippen MR) is 403 cm³/mol. The van der Waals surface area contributed by atoms with E-state index < -0.39 is 4.92 Å². The number of anilines is 1. The molecule has 0 saturated heterocycles. The number of aromatic nitrogens is 1. The highest BCUT2D eigenvalue weighted by Gasteiger charge is 2.56. The van der Waals surface area contributed by atoms with Crippen LogP contribution in [0.15, 0.2) is 106 Å². The summed E-state index contributed by atoms with van der Waals surface area (Å²) in [6.45, 7) is 1.93. The summed E-state index contributed by atoms with van der Waals surface area (Å²) >= 11 is 17.1. The number of nitro groups is 1. The van der Waals surface area contributed by atoms with Crippen LogP contribution in [0.4, 0.5) is 11.4 Å². The summed E-state index contributed by atoms with van der Waals surface area (Å²) in [5, 5.41) is 59.6. The Morgan fingerprint density at radius 2 is 0.745 bits per heavy atom. The quantitative estimate of drug-likeness (QED) is 0.0418. The van der Waals surface area contributed by atoms with E-state index in [1.807, 2.05) is 31.2 Å². The van der Waals surface area contributed by atoms with Crippen molar-refractivity contribution < 1.29 is 34.9 Å². The number of nitro benzene ring substituents is 1. The second kappa shape index (κ2) is 26.5. The Bertz CT molecular complexity index is 3810. The Kier molecular flexibility index (Phi) is 18.6. The number of phenolic OH excluding ortho intramolecular Hbond substituents is 4. The van der Waals surface area contributed by atoms with Crippen molar-refractivity contribution in [2.75, 3.05) is 5.73 Å². The molecule has 11 nitrogen and oxygen atoms in total. The predicted octanol–water partition coefficient (Wildman–Crippen LogP) is 22.8. The van der Waals surface area contributed by atoms with E-state index >= 15 is 0 Å². The summed E-state index contributed by atoms with van der Waals surface area (Å²) in [7, 11) is 0. The molecule has 7 N–H and O–H groups in total. The largest absolute Gasteiger partial charge is 0.507 e. The van der Waals surface area contributed by atoms with Crippen LogP contribution < -0.4 is 5.73 Å². The van der Waals surface area contributed by atoms with Gasteiger partial charge in [-0.15, -0.1) is 0 Å². The molecule has 20 fully saturated rings. The highest BCUT2D eigenvalue weighted by Crippen LogP contribution is 2.66. The molecule has 20 bridgehead atoms. The molecule has 20 aliphatic rings. The summed E-state index contributed by atoms with van der Waals surface area (Å²) in [5.74, 6) is 15.1. The first-order valence-electron chi connectivity index (χ1n) is 37.5. The smallest absolute Gasteiger partial charge is 0.312 e. The van der Waals surface area contributed by atoms with Gasteiger partial charge in [0.15, 0.2) is 17.2 Å². The Labute approximate surface area is 620 Å². The van der Waals surface area contributed by atoms with Crippen molar-refractivity contribution in [2.24, 2.45) is 88.8 Å². The number of aliphatic hydroxyl groups is 1. The number of rotatable bonds is 5. The van der Waals surface area contributed by atoms with E-state index in [9.17, 15) is 30.5 Å². The van der Waals surface area contributed by atoms with Gasteiger partial charge in [-0.2, -0.15) is 0 Å². The minimum atomic E-state index is -0.482. The number of phenols is 4. The van der Waals surface area contributed by atoms with Crippen LogP contribution in [0.3, 0.4) is 0 Å². The molecule has 0 spiro atoms. The minimum absolute atomic E-state index is 0.107. The van der Waals surface area contributed by atoms with Crippen LogP contribution >= 0.6 is 79.6 Å². The Hall–Kier alpha value is -3.67. The molecule has 98 heavy (non-hydrogen) atoms. The number of aromatic hydroxyl groups is 4. The van der Waals surface area contributed by atoms with Crippen LogP contribution in [0.2, 0.25) is 0 Å². The molecule has 0 aliphatic heterocycles. The molecular formula is C82H98Br5N3O8. The van der Waals surface area contributed by atoms with Gasteiger partial charge in [-0.05, 0) is 460 Å². The second-order valence-corrected chi connectivity index (χ2v) is 39.8. The average Bonchev–Trinajstić information content (AvgIpc) is 0.830. The van der Waals surface area contributed by atoms with Crippen molar-refractivity contribution in [3.63, 3.8) is 0 Å². The van der Waals surface area contributed by atoms with Crippen molar-refractivity contribution in [3.05, 3.63) is 139 Å². The number of aryl methyl sites for hydroxylation is 1. The molecule has 0 radical (unpaired) electrons. The molecule has 20 aliphatic carbocycles. The third-order valence-electron chi connectivity index (χ3n) is 28.3. The number of halogens is 5. The Morgan fingerprint density at radius 1 is 0.418 bits per heavy atom. The molecule has 524 valence electrons. The maximum absolute atomic E-state index is 11.2. The third kappa shape index (κ3) is 13.4. The van der Waals surface area contributed by atoms with Gasteiger partial charge >= 0.3 is 5.69 Å². The van der Waals surface area contributed by atoms with Gasteiger partial charge in [0.1, 0.15) is 17.0 Å². The van der Waals surface area contributed by atoms with Gasteiger partial charge in [0.25, 0.3) is 0 Å². The molecule has 1 aromatic heterocycles. The SMILES string of the molecule is Cc1nc2cc(C34CC5CC(CC(C5)C3)C4)cc(Br)c2o1.Nc1cc(C23CC4CC(CC(C4)C2)C3)cc(Br)c1O.O=[N+]([O-])c1cc(C23CC4CC(CC(C4)C2)C3)cc(Br)c1O.OC12CC3CC(CC(C3)C1)C2.Oc1ccc(C23CC4CC(CC(C4)C2)C3)cc1Br.Oc1ccccc1Br. The van der Waals surface area contributed by atoms with E-state index in [1.165, 1.54) is 171 Å². The van der Waals surface area contributed by atoms with E-state index in [4.69, 9.17) is 15.3 Å². The zero-order chi connectivity index (χ0) is 67.9. The van der Waals surface area contributed by atoms with Crippen LogP contribution in [-0.4, -0.2) is 41.0 Å². The van der Waals surface area contributed by atoms with Crippen molar-refractivity contribution in [1.29, 1.82) is 0 Å². The normalized spacial score (nSPS) is 38.7. The lowest BCUT2D eigenvalue weighted by molar-refractivity contribution is -0.386. The van der Waals surface area contributed by atoms with Crippen molar-refractivity contribution >= 4 is 102 Å². The first kappa shape index (κ1) is 68.7. The first-order chi connectivity index (χ1) is 46.8. The topological polar surface area (TPSA) is 196 Å². The summed E-state index contributed by atoms with van der Waals surface area (Å²) < 4.78 is 9.58. The second-order valence-electron chi connectivity index (χ2n) is 35.6. The fraction of sp³-hybridized carbons (Fsp3) is 0.622. The zero-order valence-electron chi connectivity index (χ0n) is 56.7. The first-order valence-corrected chi connectivity index (χ1v) is 41.5. The molecule has 0 atom stereocenters. The molecule has 20 saturated carbocycles. The van der Waals surface area contributed by atoms with Crippen molar-refractivity contribution in [2.45, 2.75) is 227 Å². The summed E-state index contributed by atoms with van der Waals surface area (Å²) in [6.07, 6.45) is 40.8. The van der Waals surface area contributed by atoms with Crippen molar-refractivity contribution in [3.8, 4) is 23.0 Å². The highest BCUT2D eigenvalue weighted by atomic mass is 79.9. The molecule has 0 unspecified atom stereocenters. The van der Waals surface area contributed by atoms with Gasteiger partial charge in [-0.3, -0.25) is 10.1 Å². The summed E-state index contributed by atoms with van der Waals surface area (Å²) in [5.41, 5.74) is 14.7. The molecule has 0 amide bonds. The lowest BCUT2D eigenvalue weighted by Gasteiger charge is -2.57. The lowest BCUT2D eigenvalue weighted by Crippen LogP contribution is -2.50. The van der Waals surface area contributed by atoms with Crippen LogP contribution in [0, 0.1) is 106 Å². The summed E-state index contributed by atoms with van der Waals surface area (Å²) in [4.78, 5) is 15.3. The Balaban J connectivity index is 0.0000000941. The van der Waals surface area contributed by atoms with E-state index in [2.05, 4.69) is 115 Å². The van der Waals surface area contributed by atoms with Gasteiger partial charge in [0.2, 0.25) is 5.75 Å². The third-order valence-corrected chi connectivity index (χ3v) is 31.4. The number of nitrogen functional groups attached to an aromatic ring is 1. The van der Waals surface area contributed by atoms with E-state index in [0.29, 0.717) is 32.2 Å². The maximum atomic E-state index is 11.2.